The van der Waals surface area contributed by atoms with E-state index >= 15 is 0 Å². The molecule has 0 aromatic heterocycles. The number of esters is 1. The minimum Gasteiger partial charge on any atom is -0.496 e. The van der Waals surface area contributed by atoms with Crippen LogP contribution in [-0.2, 0) is 22.6 Å². The van der Waals surface area contributed by atoms with Crippen molar-refractivity contribution >= 4 is 5.97 Å². The van der Waals surface area contributed by atoms with Gasteiger partial charge in [0.15, 0.2) is 0 Å². The van der Waals surface area contributed by atoms with Gasteiger partial charge in [-0.2, -0.15) is 0 Å². The second-order valence-electron chi connectivity index (χ2n) is 3.82. The van der Waals surface area contributed by atoms with E-state index in [2.05, 4.69) is 0 Å². The molecule has 0 aliphatic rings. The van der Waals surface area contributed by atoms with Gasteiger partial charge in [0.05, 0.1) is 7.11 Å². The van der Waals surface area contributed by atoms with Crippen LogP contribution in [0.3, 0.4) is 0 Å². The monoisotopic (exact) mass is 237 g/mol. The Labute approximate surface area is 102 Å². The maximum absolute atomic E-state index is 10.8. The lowest BCUT2D eigenvalue weighted by Gasteiger charge is -2.10. The molecule has 0 radical (unpaired) electrons. The van der Waals surface area contributed by atoms with Crippen molar-refractivity contribution in [3.05, 3.63) is 29.3 Å². The Kier molecular flexibility index (Phi) is 5.49. The van der Waals surface area contributed by atoms with Crippen molar-refractivity contribution in [2.45, 2.75) is 26.4 Å². The lowest BCUT2D eigenvalue weighted by Crippen LogP contribution is -2.03. The summed E-state index contributed by atoms with van der Waals surface area (Å²) in [4.78, 5) is 10.8. The number of hydrogen-bond acceptors (Lipinski definition) is 4. The average molecular weight is 237 g/mol. The van der Waals surface area contributed by atoms with Gasteiger partial charge in [0, 0.05) is 12.5 Å². The van der Waals surface area contributed by atoms with Crippen molar-refractivity contribution in [2.24, 2.45) is 5.73 Å². The summed E-state index contributed by atoms with van der Waals surface area (Å²) in [6, 6.07) is 5.90. The predicted octanol–water partition coefficient (Wildman–Crippen LogP) is 1.65. The Bertz CT molecular complexity index is 377. The largest absolute Gasteiger partial charge is 0.496 e. The van der Waals surface area contributed by atoms with Gasteiger partial charge in [0.2, 0.25) is 0 Å². The number of ether oxygens (including phenoxy) is 2. The maximum atomic E-state index is 10.8. The first kappa shape index (κ1) is 13.5. The van der Waals surface area contributed by atoms with Crippen molar-refractivity contribution in [3.63, 3.8) is 0 Å². The molecule has 2 N–H and O–H groups in total. The predicted molar refractivity (Wildman–Crippen MR) is 65.8 cm³/mol. The molecule has 94 valence electrons. The topological polar surface area (TPSA) is 61.6 Å². The molecular weight excluding hydrogens is 218 g/mol. The average Bonchev–Trinajstić information content (AvgIpc) is 2.33. The van der Waals surface area contributed by atoms with Crippen LogP contribution in [0.1, 0.15) is 24.5 Å². The van der Waals surface area contributed by atoms with Gasteiger partial charge in [-0.3, -0.25) is 4.79 Å². The molecule has 1 aromatic rings. The summed E-state index contributed by atoms with van der Waals surface area (Å²) in [7, 11) is 1.60. The van der Waals surface area contributed by atoms with Crippen molar-refractivity contribution < 1.29 is 14.3 Å². The smallest absolute Gasteiger partial charge is 0.302 e. The summed E-state index contributed by atoms with van der Waals surface area (Å²) < 4.78 is 10.2. The van der Waals surface area contributed by atoms with Gasteiger partial charge in [-0.1, -0.05) is 6.07 Å². The third kappa shape index (κ3) is 4.44. The first-order valence-corrected chi connectivity index (χ1v) is 5.66. The van der Waals surface area contributed by atoms with Gasteiger partial charge in [-0.25, -0.2) is 0 Å². The van der Waals surface area contributed by atoms with E-state index in [-0.39, 0.29) is 12.6 Å². The zero-order chi connectivity index (χ0) is 12.7. The molecule has 17 heavy (non-hydrogen) atoms. The molecule has 0 unspecified atom stereocenters. The van der Waals surface area contributed by atoms with Crippen molar-refractivity contribution in [3.8, 4) is 5.75 Å². The highest BCUT2D eigenvalue weighted by molar-refractivity contribution is 5.66. The van der Waals surface area contributed by atoms with Crippen LogP contribution in [0.4, 0.5) is 0 Å². The molecule has 0 amide bonds. The van der Waals surface area contributed by atoms with Crippen LogP contribution < -0.4 is 10.5 Å². The summed E-state index contributed by atoms with van der Waals surface area (Å²) in [5, 5.41) is 0. The summed E-state index contributed by atoms with van der Waals surface area (Å²) in [6.45, 7) is 2.31. The molecule has 0 spiro atoms. The highest BCUT2D eigenvalue weighted by Crippen LogP contribution is 2.21. The van der Waals surface area contributed by atoms with Gasteiger partial charge in [0.1, 0.15) is 12.4 Å². The Hall–Kier alpha value is -1.55. The summed E-state index contributed by atoms with van der Waals surface area (Å²) in [5.74, 6) is 0.446. The number of nitrogens with two attached hydrogens (primary N) is 1. The van der Waals surface area contributed by atoms with Crippen LogP contribution in [0.15, 0.2) is 18.2 Å². The fraction of sp³-hybridized carbons (Fsp3) is 0.462. The Morgan fingerprint density at radius 2 is 2.18 bits per heavy atom. The van der Waals surface area contributed by atoms with Gasteiger partial charge >= 0.3 is 5.97 Å². The van der Waals surface area contributed by atoms with Crippen molar-refractivity contribution in [2.75, 3.05) is 13.7 Å². The van der Waals surface area contributed by atoms with Crippen LogP contribution in [0.2, 0.25) is 0 Å². The van der Waals surface area contributed by atoms with Crippen LogP contribution in [-0.4, -0.2) is 19.6 Å². The zero-order valence-electron chi connectivity index (χ0n) is 10.4. The summed E-state index contributed by atoms with van der Waals surface area (Å²) in [6.07, 6.45) is 1.87. The highest BCUT2D eigenvalue weighted by atomic mass is 16.5. The lowest BCUT2D eigenvalue weighted by atomic mass is 10.1. The Morgan fingerprint density at radius 3 is 2.76 bits per heavy atom. The highest BCUT2D eigenvalue weighted by Gasteiger charge is 2.06. The van der Waals surface area contributed by atoms with E-state index in [0.717, 1.165) is 24.2 Å². The Morgan fingerprint density at radius 1 is 1.41 bits per heavy atom. The fourth-order valence-electron chi connectivity index (χ4n) is 1.59. The molecule has 4 heteroatoms. The first-order chi connectivity index (χ1) is 8.17. The van der Waals surface area contributed by atoms with Gasteiger partial charge in [-0.05, 0) is 37.1 Å². The third-order valence-corrected chi connectivity index (χ3v) is 2.45. The van der Waals surface area contributed by atoms with Crippen LogP contribution >= 0.6 is 0 Å². The number of methoxy groups -OCH3 is 1. The van der Waals surface area contributed by atoms with E-state index in [0.29, 0.717) is 6.54 Å². The van der Waals surface area contributed by atoms with Crippen molar-refractivity contribution in [1.82, 2.24) is 0 Å². The number of aryl methyl sites for hydroxylation is 1. The van der Waals surface area contributed by atoms with Crippen molar-refractivity contribution in [1.29, 1.82) is 0 Å². The minimum absolute atomic E-state index is 0.245. The zero-order valence-corrected chi connectivity index (χ0v) is 10.4. The second kappa shape index (κ2) is 6.91. The fourth-order valence-corrected chi connectivity index (χ4v) is 1.59. The molecular formula is C13H19NO3. The number of carbonyl (C=O) groups excluding carboxylic acids is 1. The number of rotatable bonds is 6. The van der Waals surface area contributed by atoms with E-state index in [1.54, 1.807) is 7.11 Å². The van der Waals surface area contributed by atoms with E-state index in [1.807, 2.05) is 18.2 Å². The van der Waals surface area contributed by atoms with Crippen LogP contribution in [0.25, 0.3) is 0 Å². The quantitative estimate of drug-likeness (QED) is 0.764. The van der Waals surface area contributed by atoms with E-state index in [4.69, 9.17) is 15.2 Å². The molecule has 0 heterocycles. The van der Waals surface area contributed by atoms with Crippen LogP contribution in [0, 0.1) is 0 Å². The lowest BCUT2D eigenvalue weighted by molar-refractivity contribution is -0.142. The molecule has 1 aromatic carbocycles. The number of carbonyl (C=O) groups is 1. The molecule has 0 saturated carbocycles. The summed E-state index contributed by atoms with van der Waals surface area (Å²) in [5.41, 5.74) is 7.54. The molecule has 0 fully saturated rings. The number of benzene rings is 1. The molecule has 0 saturated heterocycles. The van der Waals surface area contributed by atoms with Gasteiger partial charge < -0.3 is 15.2 Å². The molecule has 0 aliphatic carbocycles. The second-order valence-corrected chi connectivity index (χ2v) is 3.82. The standard InChI is InChI=1S/C13H19NO3/c1-10(15)17-9-12-8-11(4-3-7-14)5-6-13(12)16-2/h5-6,8H,3-4,7,9,14H2,1-2H3. The molecule has 1 rings (SSSR count). The Balaban J connectivity index is 2.78. The minimum atomic E-state index is -0.292. The molecule has 0 atom stereocenters. The normalized spacial score (nSPS) is 10.1. The molecule has 0 aliphatic heterocycles. The third-order valence-electron chi connectivity index (χ3n) is 2.45. The van der Waals surface area contributed by atoms with E-state index < -0.39 is 0 Å². The van der Waals surface area contributed by atoms with Gasteiger partial charge in [0.25, 0.3) is 0 Å². The molecule has 0 bridgehead atoms. The first-order valence-electron chi connectivity index (χ1n) is 5.66. The SMILES string of the molecule is COc1ccc(CCCN)cc1COC(C)=O. The summed E-state index contributed by atoms with van der Waals surface area (Å²) >= 11 is 0. The number of hydrogen-bond donors (Lipinski definition) is 1. The van der Waals surface area contributed by atoms with E-state index in [9.17, 15) is 4.79 Å². The van der Waals surface area contributed by atoms with E-state index in [1.165, 1.54) is 12.5 Å². The maximum Gasteiger partial charge on any atom is 0.302 e. The molecule has 4 nitrogen and oxygen atoms in total. The van der Waals surface area contributed by atoms with Gasteiger partial charge in [-0.15, -0.1) is 0 Å². The van der Waals surface area contributed by atoms with Crippen LogP contribution in [0.5, 0.6) is 5.75 Å².